The Hall–Kier alpha value is -1.06. The summed E-state index contributed by atoms with van der Waals surface area (Å²) in [5.41, 5.74) is 1.30. The SMILES string of the molecule is CC(C)c1cccc(OCCOC2CCCCO2)c1. The fraction of sp³-hybridized carbons (Fsp3) is 0.625. The highest BCUT2D eigenvalue weighted by Gasteiger charge is 2.13. The molecular formula is C16H24O3. The zero-order valence-electron chi connectivity index (χ0n) is 11.9. The number of rotatable bonds is 6. The van der Waals surface area contributed by atoms with E-state index in [9.17, 15) is 0 Å². The van der Waals surface area contributed by atoms with Crippen molar-refractivity contribution in [2.45, 2.75) is 45.3 Å². The Morgan fingerprint density at radius 2 is 2.16 bits per heavy atom. The fourth-order valence-corrected chi connectivity index (χ4v) is 2.15. The second kappa shape index (κ2) is 7.51. The molecule has 1 unspecified atom stereocenters. The quantitative estimate of drug-likeness (QED) is 0.733. The Kier molecular flexibility index (Phi) is 5.67. The molecule has 1 aromatic carbocycles. The molecule has 0 amide bonds. The Morgan fingerprint density at radius 3 is 2.89 bits per heavy atom. The van der Waals surface area contributed by atoms with E-state index in [4.69, 9.17) is 14.2 Å². The molecule has 3 heteroatoms. The van der Waals surface area contributed by atoms with E-state index in [1.807, 2.05) is 12.1 Å². The normalized spacial score (nSPS) is 19.6. The highest BCUT2D eigenvalue weighted by atomic mass is 16.7. The molecule has 0 bridgehead atoms. The number of hydrogen-bond donors (Lipinski definition) is 0. The molecule has 1 fully saturated rings. The largest absolute Gasteiger partial charge is 0.491 e. The van der Waals surface area contributed by atoms with Crippen molar-refractivity contribution >= 4 is 0 Å². The van der Waals surface area contributed by atoms with Gasteiger partial charge in [-0.3, -0.25) is 0 Å². The van der Waals surface area contributed by atoms with E-state index in [1.54, 1.807) is 0 Å². The van der Waals surface area contributed by atoms with Gasteiger partial charge >= 0.3 is 0 Å². The van der Waals surface area contributed by atoms with Crippen molar-refractivity contribution in [3.8, 4) is 5.75 Å². The molecule has 3 nitrogen and oxygen atoms in total. The van der Waals surface area contributed by atoms with E-state index in [-0.39, 0.29) is 6.29 Å². The van der Waals surface area contributed by atoms with Crippen molar-refractivity contribution in [2.24, 2.45) is 0 Å². The third-order valence-corrected chi connectivity index (χ3v) is 3.32. The summed E-state index contributed by atoms with van der Waals surface area (Å²) in [4.78, 5) is 0. The molecule has 1 aromatic rings. The van der Waals surface area contributed by atoms with Crippen molar-refractivity contribution in [1.82, 2.24) is 0 Å². The summed E-state index contributed by atoms with van der Waals surface area (Å²) in [7, 11) is 0. The third kappa shape index (κ3) is 4.84. The standard InChI is InChI=1S/C16H24O3/c1-13(2)14-6-5-7-15(12-14)17-10-11-19-16-8-3-4-9-18-16/h5-7,12-13,16H,3-4,8-11H2,1-2H3. The summed E-state index contributed by atoms with van der Waals surface area (Å²) in [6, 6.07) is 8.25. The molecule has 0 saturated carbocycles. The predicted octanol–water partition coefficient (Wildman–Crippen LogP) is 3.73. The maximum absolute atomic E-state index is 5.71. The van der Waals surface area contributed by atoms with Crippen LogP contribution in [0, 0.1) is 0 Å². The van der Waals surface area contributed by atoms with Gasteiger partial charge in [0.25, 0.3) is 0 Å². The molecule has 1 aliphatic rings. The van der Waals surface area contributed by atoms with Gasteiger partial charge in [-0.05, 0) is 42.9 Å². The maximum Gasteiger partial charge on any atom is 0.157 e. The first-order valence-electron chi connectivity index (χ1n) is 7.21. The second-order valence-electron chi connectivity index (χ2n) is 5.24. The van der Waals surface area contributed by atoms with Crippen LogP contribution >= 0.6 is 0 Å². The van der Waals surface area contributed by atoms with E-state index in [2.05, 4.69) is 26.0 Å². The van der Waals surface area contributed by atoms with Gasteiger partial charge in [0.2, 0.25) is 0 Å². The lowest BCUT2D eigenvalue weighted by atomic mass is 10.0. The van der Waals surface area contributed by atoms with Crippen molar-refractivity contribution in [1.29, 1.82) is 0 Å². The monoisotopic (exact) mass is 264 g/mol. The van der Waals surface area contributed by atoms with E-state index < -0.39 is 0 Å². The van der Waals surface area contributed by atoms with Crippen LogP contribution in [0.25, 0.3) is 0 Å². The van der Waals surface area contributed by atoms with Gasteiger partial charge in [-0.15, -0.1) is 0 Å². The van der Waals surface area contributed by atoms with Crippen LogP contribution in [-0.2, 0) is 9.47 Å². The molecular weight excluding hydrogens is 240 g/mol. The molecule has 0 aliphatic carbocycles. The lowest BCUT2D eigenvalue weighted by Crippen LogP contribution is -2.24. The Bertz CT molecular complexity index is 370. The van der Waals surface area contributed by atoms with Crippen LogP contribution in [-0.4, -0.2) is 26.1 Å². The number of ether oxygens (including phenoxy) is 3. The van der Waals surface area contributed by atoms with Gasteiger partial charge in [0.1, 0.15) is 12.4 Å². The van der Waals surface area contributed by atoms with Gasteiger partial charge in [0.15, 0.2) is 6.29 Å². The average molecular weight is 264 g/mol. The van der Waals surface area contributed by atoms with Crippen molar-refractivity contribution in [3.63, 3.8) is 0 Å². The van der Waals surface area contributed by atoms with Gasteiger partial charge in [-0.2, -0.15) is 0 Å². The van der Waals surface area contributed by atoms with Crippen LogP contribution in [0.2, 0.25) is 0 Å². The minimum Gasteiger partial charge on any atom is -0.491 e. The van der Waals surface area contributed by atoms with Crippen LogP contribution in [0.1, 0.15) is 44.6 Å². The molecule has 2 rings (SSSR count). The molecule has 0 N–H and O–H groups in total. The van der Waals surface area contributed by atoms with Gasteiger partial charge in [0.05, 0.1) is 6.61 Å². The van der Waals surface area contributed by atoms with Gasteiger partial charge in [0, 0.05) is 6.61 Å². The molecule has 0 spiro atoms. The molecule has 0 aromatic heterocycles. The second-order valence-corrected chi connectivity index (χ2v) is 5.24. The van der Waals surface area contributed by atoms with Crippen molar-refractivity contribution < 1.29 is 14.2 Å². The Balaban J connectivity index is 1.68. The topological polar surface area (TPSA) is 27.7 Å². The highest BCUT2D eigenvalue weighted by Crippen LogP contribution is 2.20. The molecule has 1 heterocycles. The van der Waals surface area contributed by atoms with Gasteiger partial charge < -0.3 is 14.2 Å². The minimum absolute atomic E-state index is 0.0284. The Labute approximate surface area is 115 Å². The summed E-state index contributed by atoms with van der Waals surface area (Å²) in [6.45, 7) is 6.34. The minimum atomic E-state index is -0.0284. The first-order valence-corrected chi connectivity index (χ1v) is 7.21. The van der Waals surface area contributed by atoms with Gasteiger partial charge in [-0.1, -0.05) is 26.0 Å². The van der Waals surface area contributed by atoms with E-state index in [0.29, 0.717) is 19.1 Å². The van der Waals surface area contributed by atoms with Crippen LogP contribution in [0.15, 0.2) is 24.3 Å². The van der Waals surface area contributed by atoms with E-state index in [1.165, 1.54) is 12.0 Å². The van der Waals surface area contributed by atoms with Gasteiger partial charge in [-0.25, -0.2) is 0 Å². The summed E-state index contributed by atoms with van der Waals surface area (Å²) >= 11 is 0. The molecule has 1 atom stereocenters. The van der Waals surface area contributed by atoms with Crippen LogP contribution in [0.3, 0.4) is 0 Å². The molecule has 0 radical (unpaired) electrons. The highest BCUT2D eigenvalue weighted by molar-refractivity contribution is 5.30. The zero-order valence-corrected chi connectivity index (χ0v) is 11.9. The van der Waals surface area contributed by atoms with Crippen molar-refractivity contribution in [3.05, 3.63) is 29.8 Å². The van der Waals surface area contributed by atoms with Crippen molar-refractivity contribution in [2.75, 3.05) is 19.8 Å². The molecule has 1 saturated heterocycles. The number of hydrogen-bond acceptors (Lipinski definition) is 3. The summed E-state index contributed by atoms with van der Waals surface area (Å²) in [5.74, 6) is 1.44. The lowest BCUT2D eigenvalue weighted by molar-refractivity contribution is -0.165. The summed E-state index contributed by atoms with van der Waals surface area (Å²) in [5, 5.41) is 0. The number of benzene rings is 1. The van der Waals surface area contributed by atoms with Crippen LogP contribution in [0.5, 0.6) is 5.75 Å². The Morgan fingerprint density at radius 1 is 1.26 bits per heavy atom. The smallest absolute Gasteiger partial charge is 0.157 e. The zero-order chi connectivity index (χ0) is 13.5. The summed E-state index contributed by atoms with van der Waals surface area (Å²) < 4.78 is 16.8. The van der Waals surface area contributed by atoms with Crippen LogP contribution < -0.4 is 4.74 Å². The molecule has 106 valence electrons. The predicted molar refractivity (Wildman–Crippen MR) is 75.6 cm³/mol. The fourth-order valence-electron chi connectivity index (χ4n) is 2.15. The molecule has 19 heavy (non-hydrogen) atoms. The molecule has 1 aliphatic heterocycles. The maximum atomic E-state index is 5.71. The average Bonchev–Trinajstić information content (AvgIpc) is 2.45. The van der Waals surface area contributed by atoms with Crippen LogP contribution in [0.4, 0.5) is 0 Å². The van der Waals surface area contributed by atoms with E-state index >= 15 is 0 Å². The van der Waals surface area contributed by atoms with E-state index in [0.717, 1.165) is 25.2 Å². The first kappa shape index (κ1) is 14.4. The summed E-state index contributed by atoms with van der Waals surface area (Å²) in [6.07, 6.45) is 3.32. The first-order chi connectivity index (χ1) is 9.25. The lowest BCUT2D eigenvalue weighted by Gasteiger charge is -2.22. The third-order valence-electron chi connectivity index (χ3n) is 3.32.